The fourth-order valence-electron chi connectivity index (χ4n) is 6.12. The summed E-state index contributed by atoms with van der Waals surface area (Å²) in [7, 11) is 3.70. The summed E-state index contributed by atoms with van der Waals surface area (Å²) in [6.45, 7) is 2.31. The van der Waals surface area contributed by atoms with Gasteiger partial charge in [0.05, 0.1) is 18.6 Å². The van der Waals surface area contributed by atoms with Crippen molar-refractivity contribution >= 4 is 11.8 Å². The number of carbonyl (C=O) groups is 2. The molecule has 1 spiro atoms. The van der Waals surface area contributed by atoms with Crippen LogP contribution in [0.4, 0.5) is 0 Å². The molecule has 6 nitrogen and oxygen atoms in total. The van der Waals surface area contributed by atoms with Gasteiger partial charge in [-0.3, -0.25) is 14.5 Å². The lowest BCUT2D eigenvalue weighted by Crippen LogP contribution is -2.77. The summed E-state index contributed by atoms with van der Waals surface area (Å²) in [6, 6.07) is 4.04. The highest BCUT2D eigenvalue weighted by atomic mass is 16.6. The lowest BCUT2D eigenvalue weighted by molar-refractivity contribution is -0.211. The van der Waals surface area contributed by atoms with E-state index in [9.17, 15) is 9.59 Å². The third-order valence-corrected chi connectivity index (χ3v) is 7.02. The number of methoxy groups -OCH3 is 1. The van der Waals surface area contributed by atoms with Crippen molar-refractivity contribution in [3.63, 3.8) is 0 Å². The van der Waals surface area contributed by atoms with Crippen LogP contribution >= 0.6 is 0 Å². The van der Waals surface area contributed by atoms with Crippen LogP contribution in [-0.2, 0) is 26.2 Å². The summed E-state index contributed by atoms with van der Waals surface area (Å²) >= 11 is 0. The largest absolute Gasteiger partial charge is 0.493 e. The van der Waals surface area contributed by atoms with E-state index in [-0.39, 0.29) is 17.8 Å². The number of Topliss-reactive ketones (excluding diaryl/α,β-unsaturated/α-hetero) is 1. The van der Waals surface area contributed by atoms with E-state index in [1.807, 2.05) is 6.07 Å². The van der Waals surface area contributed by atoms with Gasteiger partial charge in [-0.15, -0.1) is 0 Å². The number of likely N-dealkylation sites (N-methyl/N-ethyl adjacent to an activating group) is 1. The molecular weight excluding hydrogens is 334 g/mol. The summed E-state index contributed by atoms with van der Waals surface area (Å²) in [4.78, 5) is 27.3. The molecule has 138 valence electrons. The second-order valence-corrected chi connectivity index (χ2v) is 8.00. The Bertz CT molecular complexity index is 836. The highest BCUT2D eigenvalue weighted by Gasteiger charge is 2.75. The molecule has 2 aliphatic heterocycles. The first kappa shape index (κ1) is 16.1. The summed E-state index contributed by atoms with van der Waals surface area (Å²) in [5.74, 6) is 1.12. The summed E-state index contributed by atoms with van der Waals surface area (Å²) in [6.07, 6.45) is 1.84. The van der Waals surface area contributed by atoms with E-state index in [2.05, 4.69) is 18.0 Å². The summed E-state index contributed by atoms with van der Waals surface area (Å²) < 4.78 is 17.9. The number of likely N-dealkylation sites (tertiary alicyclic amines) is 1. The van der Waals surface area contributed by atoms with Gasteiger partial charge in [0.15, 0.2) is 23.4 Å². The molecule has 1 aromatic carbocycles. The van der Waals surface area contributed by atoms with Gasteiger partial charge in [0, 0.05) is 18.9 Å². The molecule has 0 amide bonds. The summed E-state index contributed by atoms with van der Waals surface area (Å²) in [5, 5.41) is 0. The Morgan fingerprint density at radius 1 is 1.35 bits per heavy atom. The maximum absolute atomic E-state index is 12.9. The second kappa shape index (κ2) is 5.00. The van der Waals surface area contributed by atoms with Crippen molar-refractivity contribution < 1.29 is 23.8 Å². The molecule has 1 saturated heterocycles. The average molecular weight is 357 g/mol. The lowest BCUT2D eigenvalue weighted by Gasteiger charge is -2.63. The molecule has 0 N–H and O–H groups in total. The number of rotatable bonds is 2. The van der Waals surface area contributed by atoms with Gasteiger partial charge in [-0.2, -0.15) is 0 Å². The zero-order valence-electron chi connectivity index (χ0n) is 15.3. The highest BCUT2D eigenvalue weighted by molar-refractivity contribution is 5.90. The van der Waals surface area contributed by atoms with Crippen LogP contribution in [0.2, 0.25) is 0 Å². The molecule has 1 saturated carbocycles. The SMILES string of the molecule is COc1ccc2c3c1O[C@H]1C(=O)CC[C@]4(OC(C)=O)[C@@H](C2)N(C)CC[C@]314. The molecule has 4 atom stereocenters. The van der Waals surface area contributed by atoms with Gasteiger partial charge in [-0.1, -0.05) is 6.07 Å². The second-order valence-electron chi connectivity index (χ2n) is 8.00. The molecule has 4 aliphatic rings. The molecule has 5 rings (SSSR count). The molecule has 2 bridgehead atoms. The zero-order chi connectivity index (χ0) is 18.3. The number of hydrogen-bond donors (Lipinski definition) is 0. The van der Waals surface area contributed by atoms with Crippen LogP contribution in [0.25, 0.3) is 0 Å². The van der Waals surface area contributed by atoms with Crippen molar-refractivity contribution in [1.29, 1.82) is 0 Å². The number of carbonyl (C=O) groups excluding carboxylic acids is 2. The van der Waals surface area contributed by atoms with Crippen molar-refractivity contribution in [2.45, 2.75) is 55.8 Å². The van der Waals surface area contributed by atoms with Crippen LogP contribution in [0.15, 0.2) is 12.1 Å². The van der Waals surface area contributed by atoms with Crippen LogP contribution in [0.5, 0.6) is 11.5 Å². The first-order valence-electron chi connectivity index (χ1n) is 9.24. The molecule has 0 radical (unpaired) electrons. The smallest absolute Gasteiger partial charge is 0.303 e. The fraction of sp³-hybridized carbons (Fsp3) is 0.600. The molecule has 1 aromatic rings. The number of benzene rings is 1. The standard InChI is InChI=1S/C20H23NO5/c1-11(22)26-20-7-6-13(23)18-19(20)8-9-21(2)15(20)10-12-4-5-14(24-3)17(25-18)16(12)19/h4-5,15,18H,6-10H2,1-3H3/t15-,18+,19+,20+/m1/s1. The highest BCUT2D eigenvalue weighted by Crippen LogP contribution is 2.65. The first-order valence-corrected chi connectivity index (χ1v) is 9.24. The minimum Gasteiger partial charge on any atom is -0.493 e. The maximum Gasteiger partial charge on any atom is 0.303 e. The number of nitrogens with zero attached hydrogens (tertiary/aromatic N) is 1. The van der Waals surface area contributed by atoms with E-state index in [0.29, 0.717) is 24.3 Å². The molecular formula is C20H23NO5. The Morgan fingerprint density at radius 2 is 2.15 bits per heavy atom. The first-order chi connectivity index (χ1) is 12.4. The van der Waals surface area contributed by atoms with Gasteiger partial charge in [0.25, 0.3) is 0 Å². The predicted molar refractivity (Wildman–Crippen MR) is 92.6 cm³/mol. The predicted octanol–water partition coefficient (Wildman–Crippen LogP) is 1.62. The van der Waals surface area contributed by atoms with Crippen LogP contribution < -0.4 is 9.47 Å². The van der Waals surface area contributed by atoms with Crippen LogP contribution in [-0.4, -0.2) is 55.1 Å². The third kappa shape index (κ3) is 1.62. The van der Waals surface area contributed by atoms with Crippen molar-refractivity contribution in [2.24, 2.45) is 0 Å². The van der Waals surface area contributed by atoms with E-state index < -0.39 is 17.1 Å². The van der Waals surface area contributed by atoms with Gasteiger partial charge in [-0.05, 0) is 44.5 Å². The molecule has 6 heteroatoms. The molecule has 0 aromatic heterocycles. The van der Waals surface area contributed by atoms with Gasteiger partial charge in [-0.25, -0.2) is 0 Å². The van der Waals surface area contributed by atoms with Crippen LogP contribution in [0, 0.1) is 0 Å². The van der Waals surface area contributed by atoms with Crippen molar-refractivity contribution in [3.8, 4) is 11.5 Å². The van der Waals surface area contributed by atoms with Gasteiger partial charge in [0.2, 0.25) is 0 Å². The molecule has 0 unspecified atom stereocenters. The zero-order valence-corrected chi connectivity index (χ0v) is 15.3. The molecule has 2 aliphatic carbocycles. The van der Waals surface area contributed by atoms with Gasteiger partial charge >= 0.3 is 5.97 Å². The minimum absolute atomic E-state index is 0.0474. The molecule has 2 fully saturated rings. The third-order valence-electron chi connectivity index (χ3n) is 7.02. The van der Waals surface area contributed by atoms with Crippen molar-refractivity contribution in [3.05, 3.63) is 23.3 Å². The molecule has 2 heterocycles. The Balaban J connectivity index is 1.85. The topological polar surface area (TPSA) is 65.1 Å². The normalized spacial score (nSPS) is 37.0. The number of hydrogen-bond acceptors (Lipinski definition) is 6. The van der Waals surface area contributed by atoms with Crippen LogP contribution in [0.3, 0.4) is 0 Å². The van der Waals surface area contributed by atoms with Crippen molar-refractivity contribution in [2.75, 3.05) is 20.7 Å². The van der Waals surface area contributed by atoms with Gasteiger partial charge < -0.3 is 14.2 Å². The number of ether oxygens (including phenoxy) is 3. The van der Waals surface area contributed by atoms with E-state index in [0.717, 1.165) is 24.9 Å². The van der Waals surface area contributed by atoms with Crippen LogP contribution in [0.1, 0.15) is 37.3 Å². The Kier molecular flexibility index (Phi) is 3.10. The number of piperidine rings is 1. The lowest BCUT2D eigenvalue weighted by atomic mass is 9.49. The Hall–Kier alpha value is -2.08. The quantitative estimate of drug-likeness (QED) is 0.750. The Morgan fingerprint density at radius 3 is 2.88 bits per heavy atom. The van der Waals surface area contributed by atoms with E-state index in [1.54, 1.807) is 7.11 Å². The monoisotopic (exact) mass is 357 g/mol. The summed E-state index contributed by atoms with van der Waals surface area (Å²) in [5.41, 5.74) is 0.885. The maximum atomic E-state index is 12.9. The average Bonchev–Trinajstić information content (AvgIpc) is 2.96. The van der Waals surface area contributed by atoms with E-state index in [1.165, 1.54) is 12.5 Å². The van der Waals surface area contributed by atoms with Gasteiger partial charge in [0.1, 0.15) is 5.60 Å². The van der Waals surface area contributed by atoms with E-state index >= 15 is 0 Å². The van der Waals surface area contributed by atoms with E-state index in [4.69, 9.17) is 14.2 Å². The molecule has 26 heavy (non-hydrogen) atoms. The number of ketones is 1. The number of esters is 1. The fourth-order valence-corrected chi connectivity index (χ4v) is 6.12. The minimum atomic E-state index is -0.727. The van der Waals surface area contributed by atoms with Crippen molar-refractivity contribution in [1.82, 2.24) is 4.90 Å². The Labute approximate surface area is 152 Å².